The molecule has 0 radical (unpaired) electrons. The van der Waals surface area contributed by atoms with Crippen molar-refractivity contribution in [1.82, 2.24) is 4.90 Å². The molecule has 1 saturated heterocycles. The van der Waals surface area contributed by atoms with Crippen LogP contribution in [0.2, 0.25) is 0 Å². The Morgan fingerprint density at radius 3 is 2.35 bits per heavy atom. The quantitative estimate of drug-likeness (QED) is 0.862. The molecule has 4 nitrogen and oxygen atoms in total. The highest BCUT2D eigenvalue weighted by Gasteiger charge is 2.33. The van der Waals surface area contributed by atoms with E-state index in [9.17, 15) is 9.59 Å². The number of carboxylic acids is 1. The van der Waals surface area contributed by atoms with Gasteiger partial charge in [-0.15, -0.1) is 0 Å². The minimum atomic E-state index is -0.697. The summed E-state index contributed by atoms with van der Waals surface area (Å²) in [5.41, 5.74) is 0. The van der Waals surface area contributed by atoms with Crippen molar-refractivity contribution in [2.24, 2.45) is 17.8 Å². The number of hydrogen-bond donors (Lipinski definition) is 1. The van der Waals surface area contributed by atoms with Gasteiger partial charge in [0.05, 0.1) is 5.92 Å². The topological polar surface area (TPSA) is 57.6 Å². The molecule has 1 amide bonds. The minimum absolute atomic E-state index is 0.0750. The van der Waals surface area contributed by atoms with Crippen LogP contribution in [0.15, 0.2) is 0 Å². The lowest BCUT2D eigenvalue weighted by molar-refractivity contribution is -0.146. The molecule has 1 N–H and O–H groups in total. The summed E-state index contributed by atoms with van der Waals surface area (Å²) in [4.78, 5) is 25.6. The van der Waals surface area contributed by atoms with E-state index in [4.69, 9.17) is 5.11 Å². The van der Waals surface area contributed by atoms with Gasteiger partial charge in [0.15, 0.2) is 0 Å². The zero-order valence-corrected chi connectivity index (χ0v) is 12.5. The monoisotopic (exact) mass is 281 g/mol. The Hall–Kier alpha value is -1.06. The van der Waals surface area contributed by atoms with E-state index in [1.807, 2.05) is 0 Å². The maximum atomic E-state index is 12.6. The Morgan fingerprint density at radius 1 is 1.10 bits per heavy atom. The van der Waals surface area contributed by atoms with Crippen molar-refractivity contribution in [1.29, 1.82) is 0 Å². The molecule has 0 aromatic heterocycles. The van der Waals surface area contributed by atoms with Crippen molar-refractivity contribution < 1.29 is 14.7 Å². The summed E-state index contributed by atoms with van der Waals surface area (Å²) in [5, 5.41) is 9.01. The molecule has 114 valence electrons. The third-order valence-electron chi connectivity index (χ3n) is 4.95. The number of rotatable bonds is 4. The molecule has 4 heteroatoms. The summed E-state index contributed by atoms with van der Waals surface area (Å²) >= 11 is 0. The van der Waals surface area contributed by atoms with Crippen LogP contribution >= 0.6 is 0 Å². The van der Waals surface area contributed by atoms with Gasteiger partial charge in [-0.05, 0) is 50.9 Å². The molecule has 1 aliphatic carbocycles. The summed E-state index contributed by atoms with van der Waals surface area (Å²) in [7, 11) is 0. The summed E-state index contributed by atoms with van der Waals surface area (Å²) in [5.74, 6) is 0.110. The first-order chi connectivity index (χ1) is 9.61. The maximum Gasteiger partial charge on any atom is 0.306 e. The van der Waals surface area contributed by atoms with Crippen LogP contribution in [0.3, 0.4) is 0 Å². The Balaban J connectivity index is 1.84. The van der Waals surface area contributed by atoms with Crippen molar-refractivity contribution in [3.05, 3.63) is 0 Å². The van der Waals surface area contributed by atoms with Gasteiger partial charge in [-0.3, -0.25) is 9.59 Å². The third kappa shape index (κ3) is 3.74. The zero-order chi connectivity index (χ0) is 14.5. The number of hydrogen-bond acceptors (Lipinski definition) is 2. The Kier molecular flexibility index (Phi) is 5.44. The second-order valence-electron chi connectivity index (χ2n) is 6.47. The smallest absolute Gasteiger partial charge is 0.306 e. The highest BCUT2D eigenvalue weighted by Crippen LogP contribution is 2.31. The van der Waals surface area contributed by atoms with E-state index in [-0.39, 0.29) is 17.7 Å². The summed E-state index contributed by atoms with van der Waals surface area (Å²) in [6.45, 7) is 4.03. The third-order valence-corrected chi connectivity index (χ3v) is 4.95. The van der Waals surface area contributed by atoms with Crippen molar-refractivity contribution >= 4 is 11.9 Å². The molecule has 0 aromatic carbocycles. The van der Waals surface area contributed by atoms with Crippen LogP contribution in [0.1, 0.15) is 58.3 Å². The van der Waals surface area contributed by atoms with E-state index in [0.29, 0.717) is 18.8 Å². The van der Waals surface area contributed by atoms with Gasteiger partial charge in [0.2, 0.25) is 5.91 Å². The lowest BCUT2D eigenvalue weighted by Gasteiger charge is -2.36. The number of nitrogens with zero attached hydrogens (tertiary/aromatic N) is 1. The lowest BCUT2D eigenvalue weighted by Crippen LogP contribution is -2.44. The van der Waals surface area contributed by atoms with E-state index in [1.54, 1.807) is 0 Å². The van der Waals surface area contributed by atoms with E-state index in [2.05, 4.69) is 11.8 Å². The molecule has 1 unspecified atom stereocenters. The number of carboxylic acid groups (broad SMARTS) is 1. The van der Waals surface area contributed by atoms with Crippen molar-refractivity contribution in [3.8, 4) is 0 Å². The van der Waals surface area contributed by atoms with Crippen LogP contribution in [0, 0.1) is 17.8 Å². The molecule has 1 aliphatic heterocycles. The molecule has 1 heterocycles. The average molecular weight is 281 g/mol. The van der Waals surface area contributed by atoms with Gasteiger partial charge < -0.3 is 10.0 Å². The fourth-order valence-electron chi connectivity index (χ4n) is 3.75. The maximum absolute atomic E-state index is 12.6. The zero-order valence-electron chi connectivity index (χ0n) is 12.5. The second-order valence-corrected chi connectivity index (χ2v) is 6.47. The average Bonchev–Trinajstić information content (AvgIpc) is 2.47. The number of carbonyl (C=O) groups excluding carboxylic acids is 1. The summed E-state index contributed by atoms with van der Waals surface area (Å²) < 4.78 is 0. The first-order valence-electron chi connectivity index (χ1n) is 8.13. The molecule has 0 bridgehead atoms. The van der Waals surface area contributed by atoms with Crippen LogP contribution in [-0.4, -0.2) is 35.0 Å². The molecule has 2 fully saturated rings. The van der Waals surface area contributed by atoms with E-state index in [1.165, 1.54) is 19.3 Å². The van der Waals surface area contributed by atoms with E-state index in [0.717, 1.165) is 32.4 Å². The van der Waals surface area contributed by atoms with Crippen LogP contribution in [0.25, 0.3) is 0 Å². The van der Waals surface area contributed by atoms with Crippen LogP contribution in [0.4, 0.5) is 0 Å². The fourth-order valence-corrected chi connectivity index (χ4v) is 3.75. The standard InChI is InChI=1S/C16H27NO3/c1-2-4-12-5-3-10-17(11-12)15(18)13-6-8-14(9-7-13)16(19)20/h12-14H,2-11H2,1H3,(H,19,20). The van der Waals surface area contributed by atoms with Gasteiger partial charge >= 0.3 is 5.97 Å². The second kappa shape index (κ2) is 7.09. The van der Waals surface area contributed by atoms with E-state index < -0.39 is 5.97 Å². The van der Waals surface area contributed by atoms with Gasteiger partial charge in [0.25, 0.3) is 0 Å². The lowest BCUT2D eigenvalue weighted by atomic mass is 9.81. The normalized spacial score (nSPS) is 31.1. The summed E-state index contributed by atoms with van der Waals surface area (Å²) in [6, 6.07) is 0. The fraction of sp³-hybridized carbons (Fsp3) is 0.875. The highest BCUT2D eigenvalue weighted by molar-refractivity contribution is 5.79. The molecule has 2 rings (SSSR count). The molecule has 1 saturated carbocycles. The molecule has 0 aromatic rings. The molecular formula is C16H27NO3. The number of piperidine rings is 1. The number of amides is 1. The van der Waals surface area contributed by atoms with E-state index >= 15 is 0 Å². The molecule has 2 aliphatic rings. The van der Waals surface area contributed by atoms with Gasteiger partial charge in [-0.1, -0.05) is 13.3 Å². The Labute approximate surface area is 121 Å². The molecule has 0 spiro atoms. The van der Waals surface area contributed by atoms with Gasteiger partial charge in [0, 0.05) is 19.0 Å². The van der Waals surface area contributed by atoms with Crippen LogP contribution < -0.4 is 0 Å². The van der Waals surface area contributed by atoms with Crippen molar-refractivity contribution in [3.63, 3.8) is 0 Å². The highest BCUT2D eigenvalue weighted by atomic mass is 16.4. The first kappa shape index (κ1) is 15.3. The molecule has 1 atom stereocenters. The minimum Gasteiger partial charge on any atom is -0.481 e. The van der Waals surface area contributed by atoms with Crippen LogP contribution in [0.5, 0.6) is 0 Å². The molecule has 20 heavy (non-hydrogen) atoms. The first-order valence-corrected chi connectivity index (χ1v) is 8.13. The summed E-state index contributed by atoms with van der Waals surface area (Å²) in [6.07, 6.45) is 7.63. The van der Waals surface area contributed by atoms with Gasteiger partial charge in [-0.2, -0.15) is 0 Å². The van der Waals surface area contributed by atoms with Crippen LogP contribution in [-0.2, 0) is 9.59 Å². The Bertz CT molecular complexity index is 346. The number of likely N-dealkylation sites (tertiary alicyclic amines) is 1. The predicted molar refractivity (Wildman–Crippen MR) is 77.3 cm³/mol. The molecular weight excluding hydrogens is 254 g/mol. The van der Waals surface area contributed by atoms with Gasteiger partial charge in [-0.25, -0.2) is 0 Å². The van der Waals surface area contributed by atoms with Crippen molar-refractivity contribution in [2.75, 3.05) is 13.1 Å². The Morgan fingerprint density at radius 2 is 1.75 bits per heavy atom. The largest absolute Gasteiger partial charge is 0.481 e. The SMILES string of the molecule is CCCC1CCCN(C(=O)C2CCC(C(=O)O)CC2)C1. The van der Waals surface area contributed by atoms with Crippen molar-refractivity contribution in [2.45, 2.75) is 58.3 Å². The number of carbonyl (C=O) groups is 2. The van der Waals surface area contributed by atoms with Gasteiger partial charge in [0.1, 0.15) is 0 Å². The predicted octanol–water partition coefficient (Wildman–Crippen LogP) is 2.92. The number of aliphatic carboxylic acids is 1.